The van der Waals surface area contributed by atoms with Crippen molar-refractivity contribution in [2.45, 2.75) is 32.2 Å². The van der Waals surface area contributed by atoms with Gasteiger partial charge in [-0.1, -0.05) is 18.2 Å². The Morgan fingerprint density at radius 2 is 2.06 bits per heavy atom. The number of amides is 1. The highest BCUT2D eigenvalue weighted by molar-refractivity contribution is 7.80. The van der Waals surface area contributed by atoms with Gasteiger partial charge in [0.05, 0.1) is 0 Å². The van der Waals surface area contributed by atoms with Gasteiger partial charge in [-0.25, -0.2) is 0 Å². The summed E-state index contributed by atoms with van der Waals surface area (Å²) in [6, 6.07) is 9.59. The van der Waals surface area contributed by atoms with Crippen LogP contribution in [0.2, 0.25) is 0 Å². The highest BCUT2D eigenvalue weighted by Crippen LogP contribution is 2.16. The van der Waals surface area contributed by atoms with Crippen LogP contribution >= 0.6 is 12.2 Å². The number of nitrogens with zero attached hydrogens (tertiary/aromatic N) is 1. The lowest BCUT2D eigenvalue weighted by Crippen LogP contribution is -2.48. The predicted molar refractivity (Wildman–Crippen MR) is 76.5 cm³/mol. The maximum Gasteiger partial charge on any atom is 0.257 e. The molecule has 1 aliphatic rings. The number of nitrogens with one attached hydrogen (secondary N) is 1. The van der Waals surface area contributed by atoms with Crippen molar-refractivity contribution in [1.82, 2.24) is 10.2 Å². The zero-order valence-electron chi connectivity index (χ0n) is 10.6. The molecule has 1 fully saturated rings. The minimum Gasteiger partial charge on any atom is -0.346 e. The number of thiocarbonyl (C=S) groups is 1. The van der Waals surface area contributed by atoms with E-state index in [2.05, 4.69) is 17.1 Å². The minimum absolute atomic E-state index is 0.127. The molecular weight excluding hydrogens is 244 g/mol. The Bertz CT molecular complexity index is 433. The number of carbonyl (C=O) groups is 1. The molecule has 1 amide bonds. The lowest BCUT2D eigenvalue weighted by Gasteiger charge is -2.35. The fraction of sp³-hybridized carbons (Fsp3) is 0.429. The Morgan fingerprint density at radius 1 is 1.33 bits per heavy atom. The molecule has 0 unspecified atom stereocenters. The third-order valence-corrected chi connectivity index (χ3v) is 3.66. The van der Waals surface area contributed by atoms with Gasteiger partial charge < -0.3 is 4.90 Å². The molecule has 0 spiro atoms. The van der Waals surface area contributed by atoms with E-state index in [9.17, 15) is 4.79 Å². The van der Waals surface area contributed by atoms with Gasteiger partial charge in [0, 0.05) is 18.2 Å². The zero-order valence-corrected chi connectivity index (χ0v) is 11.4. The van der Waals surface area contributed by atoms with Crippen LogP contribution in [0.1, 0.15) is 36.5 Å². The van der Waals surface area contributed by atoms with Gasteiger partial charge in [0.15, 0.2) is 5.11 Å². The molecule has 2 rings (SSSR count). The van der Waals surface area contributed by atoms with E-state index >= 15 is 0 Å². The van der Waals surface area contributed by atoms with Gasteiger partial charge in [0.2, 0.25) is 0 Å². The summed E-state index contributed by atoms with van der Waals surface area (Å²) in [6.45, 7) is 3.09. The fourth-order valence-electron chi connectivity index (χ4n) is 2.23. The Morgan fingerprint density at radius 3 is 2.72 bits per heavy atom. The fourth-order valence-corrected chi connectivity index (χ4v) is 2.59. The van der Waals surface area contributed by atoms with Crippen LogP contribution in [0, 0.1) is 0 Å². The Kier molecular flexibility index (Phi) is 4.31. The van der Waals surface area contributed by atoms with E-state index in [-0.39, 0.29) is 5.91 Å². The Hall–Kier alpha value is -1.42. The summed E-state index contributed by atoms with van der Waals surface area (Å²) < 4.78 is 0. The van der Waals surface area contributed by atoms with Crippen molar-refractivity contribution in [3.05, 3.63) is 35.9 Å². The number of carbonyl (C=O) groups excluding carboxylic acids is 1. The molecule has 1 aromatic rings. The number of likely N-dealkylation sites (tertiary alicyclic amines) is 1. The Balaban J connectivity index is 1.97. The molecule has 0 radical (unpaired) electrons. The summed E-state index contributed by atoms with van der Waals surface area (Å²) in [5, 5.41) is 3.37. The lowest BCUT2D eigenvalue weighted by molar-refractivity contribution is 0.0970. The van der Waals surface area contributed by atoms with Gasteiger partial charge in [-0.2, -0.15) is 0 Å². The topological polar surface area (TPSA) is 32.3 Å². The third kappa shape index (κ3) is 3.07. The molecule has 18 heavy (non-hydrogen) atoms. The first kappa shape index (κ1) is 13.0. The first-order chi connectivity index (χ1) is 8.68. The van der Waals surface area contributed by atoms with Gasteiger partial charge in [0.1, 0.15) is 0 Å². The zero-order chi connectivity index (χ0) is 13.0. The second-order valence-corrected chi connectivity index (χ2v) is 5.05. The van der Waals surface area contributed by atoms with Crippen molar-refractivity contribution in [2.24, 2.45) is 0 Å². The maximum atomic E-state index is 12.0. The molecule has 1 N–H and O–H groups in total. The number of benzene rings is 1. The van der Waals surface area contributed by atoms with E-state index in [1.54, 1.807) is 12.1 Å². The first-order valence-electron chi connectivity index (χ1n) is 6.35. The van der Waals surface area contributed by atoms with Crippen molar-refractivity contribution in [3.8, 4) is 0 Å². The van der Waals surface area contributed by atoms with Gasteiger partial charge >= 0.3 is 0 Å². The van der Waals surface area contributed by atoms with Gasteiger partial charge in [-0.15, -0.1) is 0 Å². The van der Waals surface area contributed by atoms with E-state index in [0.717, 1.165) is 19.4 Å². The van der Waals surface area contributed by atoms with Crippen LogP contribution < -0.4 is 5.32 Å². The van der Waals surface area contributed by atoms with Gasteiger partial charge in [-0.3, -0.25) is 10.1 Å². The molecule has 1 atom stereocenters. The van der Waals surface area contributed by atoms with Crippen LogP contribution in [-0.4, -0.2) is 28.5 Å². The molecule has 0 aromatic heterocycles. The van der Waals surface area contributed by atoms with Crippen LogP contribution in [0.4, 0.5) is 0 Å². The molecule has 3 nitrogen and oxygen atoms in total. The average molecular weight is 262 g/mol. The minimum atomic E-state index is -0.127. The normalized spacial score (nSPS) is 19.4. The van der Waals surface area contributed by atoms with Crippen LogP contribution in [-0.2, 0) is 0 Å². The molecule has 0 aliphatic carbocycles. The predicted octanol–water partition coefficient (Wildman–Crippen LogP) is 2.58. The van der Waals surface area contributed by atoms with E-state index < -0.39 is 0 Å². The average Bonchev–Trinajstić information content (AvgIpc) is 2.40. The molecule has 1 aromatic carbocycles. The highest BCUT2D eigenvalue weighted by Gasteiger charge is 2.21. The molecule has 1 saturated heterocycles. The monoisotopic (exact) mass is 262 g/mol. The lowest BCUT2D eigenvalue weighted by atomic mass is 10.0. The quantitative estimate of drug-likeness (QED) is 0.790. The van der Waals surface area contributed by atoms with Crippen molar-refractivity contribution in [3.63, 3.8) is 0 Å². The Labute approximate surface area is 113 Å². The SMILES string of the molecule is C[C@@H]1CCCCN1C(=S)NC(=O)c1ccccc1. The first-order valence-corrected chi connectivity index (χ1v) is 6.76. The van der Waals surface area contributed by atoms with E-state index in [1.165, 1.54) is 6.42 Å². The third-order valence-electron chi connectivity index (χ3n) is 3.32. The maximum absolute atomic E-state index is 12.0. The largest absolute Gasteiger partial charge is 0.346 e. The van der Waals surface area contributed by atoms with E-state index in [0.29, 0.717) is 16.7 Å². The summed E-state index contributed by atoms with van der Waals surface area (Å²) in [5.74, 6) is -0.127. The number of rotatable bonds is 1. The highest BCUT2D eigenvalue weighted by atomic mass is 32.1. The summed E-state index contributed by atoms with van der Waals surface area (Å²) in [6.07, 6.45) is 3.53. The number of hydrogen-bond donors (Lipinski definition) is 1. The van der Waals surface area contributed by atoms with Crippen molar-refractivity contribution < 1.29 is 4.79 Å². The van der Waals surface area contributed by atoms with Crippen molar-refractivity contribution in [2.75, 3.05) is 6.54 Å². The van der Waals surface area contributed by atoms with Crippen LogP contribution in [0.3, 0.4) is 0 Å². The number of hydrogen-bond acceptors (Lipinski definition) is 2. The number of piperidine rings is 1. The molecular formula is C14H18N2OS. The van der Waals surface area contributed by atoms with Crippen LogP contribution in [0.25, 0.3) is 0 Å². The summed E-state index contributed by atoms with van der Waals surface area (Å²) in [4.78, 5) is 14.1. The second-order valence-electron chi connectivity index (χ2n) is 4.66. The molecule has 96 valence electrons. The molecule has 0 saturated carbocycles. The molecule has 1 heterocycles. The van der Waals surface area contributed by atoms with E-state index in [1.807, 2.05) is 18.2 Å². The summed E-state index contributed by atoms with van der Waals surface area (Å²) >= 11 is 5.32. The molecule has 4 heteroatoms. The second kappa shape index (κ2) is 5.96. The van der Waals surface area contributed by atoms with Crippen molar-refractivity contribution in [1.29, 1.82) is 0 Å². The summed E-state index contributed by atoms with van der Waals surface area (Å²) in [5.41, 5.74) is 0.643. The summed E-state index contributed by atoms with van der Waals surface area (Å²) in [7, 11) is 0. The van der Waals surface area contributed by atoms with Crippen molar-refractivity contribution >= 4 is 23.2 Å². The van der Waals surface area contributed by atoms with Crippen LogP contribution in [0.5, 0.6) is 0 Å². The van der Waals surface area contributed by atoms with Gasteiger partial charge in [-0.05, 0) is 50.5 Å². The van der Waals surface area contributed by atoms with Crippen LogP contribution in [0.15, 0.2) is 30.3 Å². The molecule has 0 bridgehead atoms. The smallest absolute Gasteiger partial charge is 0.257 e. The molecule has 1 aliphatic heterocycles. The standard InChI is InChI=1S/C14H18N2OS/c1-11-7-5-6-10-16(11)14(18)15-13(17)12-8-3-2-4-9-12/h2-4,8-9,11H,5-7,10H2,1H3,(H,15,17,18)/t11-/m1/s1. The van der Waals surface area contributed by atoms with Gasteiger partial charge in [0.25, 0.3) is 5.91 Å². The van der Waals surface area contributed by atoms with E-state index in [4.69, 9.17) is 12.2 Å².